The van der Waals surface area contributed by atoms with Crippen molar-refractivity contribution in [2.24, 2.45) is 0 Å². The highest BCUT2D eigenvalue weighted by molar-refractivity contribution is 5.93. The molecule has 2 fully saturated rings. The molecule has 7 nitrogen and oxygen atoms in total. The van der Waals surface area contributed by atoms with Crippen molar-refractivity contribution in [3.63, 3.8) is 0 Å². The van der Waals surface area contributed by atoms with Crippen LogP contribution in [-0.2, 0) is 10.2 Å². The van der Waals surface area contributed by atoms with E-state index in [1.54, 1.807) is 19.3 Å². The van der Waals surface area contributed by atoms with E-state index in [2.05, 4.69) is 32.3 Å². The summed E-state index contributed by atoms with van der Waals surface area (Å²) in [6.07, 6.45) is 6.09. The predicted molar refractivity (Wildman–Crippen MR) is 118 cm³/mol. The van der Waals surface area contributed by atoms with E-state index in [1.165, 1.54) is 5.56 Å². The van der Waals surface area contributed by atoms with Gasteiger partial charge in [0.25, 0.3) is 5.91 Å². The molecule has 1 aliphatic carbocycles. The smallest absolute Gasteiger partial charge is 0.254 e. The first-order chi connectivity index (χ1) is 15.1. The molecule has 0 unspecified atom stereocenters. The zero-order valence-electron chi connectivity index (χ0n) is 18.2. The van der Waals surface area contributed by atoms with Gasteiger partial charge in [-0.25, -0.2) is 9.97 Å². The Kier molecular flexibility index (Phi) is 6.95. The van der Waals surface area contributed by atoms with Crippen molar-refractivity contribution in [2.75, 3.05) is 32.8 Å². The number of aryl methyl sites for hydroxylation is 1. The number of morpholine rings is 1. The summed E-state index contributed by atoms with van der Waals surface area (Å²) in [4.78, 5) is 23.4. The number of aromatic nitrogens is 2. The van der Waals surface area contributed by atoms with Gasteiger partial charge in [-0.3, -0.25) is 9.69 Å². The van der Waals surface area contributed by atoms with Crippen LogP contribution < -0.4 is 5.32 Å². The Morgan fingerprint density at radius 2 is 1.84 bits per heavy atom. The Labute approximate surface area is 183 Å². The van der Waals surface area contributed by atoms with Gasteiger partial charge in [-0.05, 0) is 38.2 Å². The Balaban J connectivity index is 1.52. The third-order valence-electron chi connectivity index (χ3n) is 6.81. The summed E-state index contributed by atoms with van der Waals surface area (Å²) in [5, 5.41) is 14.1. The lowest BCUT2D eigenvalue weighted by Gasteiger charge is -2.37. The first-order valence-electron chi connectivity index (χ1n) is 11.2. The van der Waals surface area contributed by atoms with Gasteiger partial charge in [-0.2, -0.15) is 0 Å². The summed E-state index contributed by atoms with van der Waals surface area (Å²) in [6, 6.07) is 10.5. The largest absolute Gasteiger partial charge is 0.391 e. The van der Waals surface area contributed by atoms with Crippen molar-refractivity contribution in [1.82, 2.24) is 20.2 Å². The number of carbonyl (C=O) groups is 1. The lowest BCUT2D eigenvalue weighted by molar-refractivity contribution is -0.0236. The van der Waals surface area contributed by atoms with E-state index in [-0.39, 0.29) is 23.5 Å². The Bertz CT molecular complexity index is 855. The number of rotatable bonds is 5. The zero-order chi connectivity index (χ0) is 21.7. The standard InChI is InChI=1S/C24H32N4O3/c1-18-25-15-19(16-26-18)23(30)27-17-24(20-5-3-2-4-6-20)9-7-21(22(29)8-10-24)28-11-13-31-14-12-28/h2-6,15-16,21-22,29H,7-14,17H2,1H3,(H,27,30)/t21-,22-,24+/m0/s1. The van der Waals surface area contributed by atoms with Gasteiger partial charge in [0.2, 0.25) is 0 Å². The molecule has 2 N–H and O–H groups in total. The van der Waals surface area contributed by atoms with Gasteiger partial charge in [-0.1, -0.05) is 30.3 Å². The fourth-order valence-corrected chi connectivity index (χ4v) is 4.91. The van der Waals surface area contributed by atoms with Crippen LogP contribution in [-0.4, -0.2) is 70.9 Å². The van der Waals surface area contributed by atoms with Gasteiger partial charge in [0, 0.05) is 43.5 Å². The molecule has 4 rings (SSSR count). The maximum absolute atomic E-state index is 12.8. The fourth-order valence-electron chi connectivity index (χ4n) is 4.91. The average Bonchev–Trinajstić information content (AvgIpc) is 2.99. The molecular weight excluding hydrogens is 392 g/mol. The normalized spacial score (nSPS) is 27.4. The van der Waals surface area contributed by atoms with Crippen LogP contribution in [0.4, 0.5) is 0 Å². The highest BCUT2D eigenvalue weighted by Crippen LogP contribution is 2.39. The minimum atomic E-state index is -0.370. The summed E-state index contributed by atoms with van der Waals surface area (Å²) in [5.74, 6) is 0.481. The molecule has 1 aliphatic heterocycles. The third kappa shape index (κ3) is 5.11. The minimum Gasteiger partial charge on any atom is -0.391 e. The molecule has 2 aromatic rings. The number of nitrogens with zero attached hydrogens (tertiary/aromatic N) is 3. The van der Waals surface area contributed by atoms with Crippen LogP contribution in [0.25, 0.3) is 0 Å². The second-order valence-corrected chi connectivity index (χ2v) is 8.71. The van der Waals surface area contributed by atoms with Gasteiger partial charge in [0.15, 0.2) is 0 Å². The molecule has 1 aromatic carbocycles. The Hall–Kier alpha value is -2.35. The average molecular weight is 425 g/mol. The summed E-state index contributed by atoms with van der Waals surface area (Å²) in [6.45, 7) is 5.50. The lowest BCUT2D eigenvalue weighted by Crippen LogP contribution is -2.48. The molecule has 3 atom stereocenters. The molecule has 1 saturated heterocycles. The van der Waals surface area contributed by atoms with Gasteiger partial charge in [0.05, 0.1) is 24.9 Å². The van der Waals surface area contributed by atoms with Crippen LogP contribution in [0.5, 0.6) is 0 Å². The lowest BCUT2D eigenvalue weighted by atomic mass is 9.74. The first-order valence-corrected chi connectivity index (χ1v) is 11.2. The number of nitrogens with one attached hydrogen (secondary N) is 1. The van der Waals surface area contributed by atoms with E-state index in [9.17, 15) is 9.90 Å². The first kappa shape index (κ1) is 21.9. The van der Waals surface area contributed by atoms with Crippen LogP contribution in [0.2, 0.25) is 0 Å². The number of hydrogen-bond acceptors (Lipinski definition) is 6. The van der Waals surface area contributed by atoms with E-state index in [4.69, 9.17) is 4.74 Å². The molecular formula is C24H32N4O3. The number of carbonyl (C=O) groups excluding carboxylic acids is 1. The highest BCUT2D eigenvalue weighted by atomic mass is 16.5. The van der Waals surface area contributed by atoms with Crippen molar-refractivity contribution >= 4 is 5.91 Å². The Morgan fingerprint density at radius 3 is 2.55 bits per heavy atom. The van der Waals surface area contributed by atoms with E-state index in [1.807, 2.05) is 18.2 Å². The van der Waals surface area contributed by atoms with Gasteiger partial charge >= 0.3 is 0 Å². The molecule has 1 aromatic heterocycles. The van der Waals surface area contributed by atoms with E-state index < -0.39 is 0 Å². The van der Waals surface area contributed by atoms with Gasteiger partial charge < -0.3 is 15.2 Å². The SMILES string of the molecule is Cc1ncc(C(=O)NC[C@]2(c3ccccc3)CC[C@H](O)[C@@H](N3CCOCC3)CC2)cn1. The van der Waals surface area contributed by atoms with Crippen LogP contribution in [0.15, 0.2) is 42.7 Å². The maximum atomic E-state index is 12.8. The van der Waals surface area contributed by atoms with Crippen LogP contribution in [0.3, 0.4) is 0 Å². The number of ether oxygens (including phenoxy) is 1. The van der Waals surface area contributed by atoms with Crippen LogP contribution in [0, 0.1) is 6.92 Å². The topological polar surface area (TPSA) is 87.6 Å². The molecule has 2 aliphatic rings. The molecule has 31 heavy (non-hydrogen) atoms. The molecule has 0 spiro atoms. The molecule has 166 valence electrons. The number of aliphatic hydroxyl groups is 1. The summed E-state index contributed by atoms with van der Waals surface area (Å²) in [7, 11) is 0. The molecule has 0 radical (unpaired) electrons. The predicted octanol–water partition coefficient (Wildman–Crippen LogP) is 2.09. The zero-order valence-corrected chi connectivity index (χ0v) is 18.2. The monoisotopic (exact) mass is 424 g/mol. The van der Waals surface area contributed by atoms with Crippen molar-refractivity contribution in [1.29, 1.82) is 0 Å². The summed E-state index contributed by atoms with van der Waals surface area (Å²) >= 11 is 0. The van der Waals surface area contributed by atoms with Crippen LogP contribution in [0.1, 0.15) is 47.4 Å². The highest BCUT2D eigenvalue weighted by Gasteiger charge is 2.40. The minimum absolute atomic E-state index is 0.135. The summed E-state index contributed by atoms with van der Waals surface area (Å²) < 4.78 is 5.50. The molecule has 1 saturated carbocycles. The maximum Gasteiger partial charge on any atom is 0.254 e. The number of hydrogen-bond donors (Lipinski definition) is 2. The number of benzene rings is 1. The quantitative estimate of drug-likeness (QED) is 0.715. The molecule has 1 amide bonds. The van der Waals surface area contributed by atoms with Crippen molar-refractivity contribution < 1.29 is 14.6 Å². The third-order valence-corrected chi connectivity index (χ3v) is 6.81. The summed E-state index contributed by atoms with van der Waals surface area (Å²) in [5.41, 5.74) is 1.46. The fraction of sp³-hybridized carbons (Fsp3) is 0.542. The molecule has 2 heterocycles. The second-order valence-electron chi connectivity index (χ2n) is 8.71. The van der Waals surface area contributed by atoms with Crippen LogP contribution >= 0.6 is 0 Å². The second kappa shape index (κ2) is 9.85. The van der Waals surface area contributed by atoms with Gasteiger partial charge in [-0.15, -0.1) is 0 Å². The van der Waals surface area contributed by atoms with E-state index in [0.717, 1.165) is 45.6 Å². The number of amides is 1. The molecule has 7 heteroatoms. The molecule has 0 bridgehead atoms. The number of aliphatic hydroxyl groups excluding tert-OH is 1. The van der Waals surface area contributed by atoms with Crippen molar-refractivity contribution in [3.8, 4) is 0 Å². The van der Waals surface area contributed by atoms with Crippen molar-refractivity contribution in [3.05, 3.63) is 59.7 Å². The van der Waals surface area contributed by atoms with E-state index in [0.29, 0.717) is 24.4 Å². The van der Waals surface area contributed by atoms with E-state index >= 15 is 0 Å². The van der Waals surface area contributed by atoms with Gasteiger partial charge in [0.1, 0.15) is 5.82 Å². The van der Waals surface area contributed by atoms with Crippen molar-refractivity contribution in [2.45, 2.75) is 50.2 Å². The Morgan fingerprint density at radius 1 is 1.16 bits per heavy atom.